The van der Waals surface area contributed by atoms with Crippen LogP contribution in [0.3, 0.4) is 0 Å². The van der Waals surface area contributed by atoms with Crippen molar-refractivity contribution in [3.8, 4) is 0 Å². The van der Waals surface area contributed by atoms with Crippen LogP contribution >= 0.6 is 0 Å². The van der Waals surface area contributed by atoms with Gasteiger partial charge in [0, 0.05) is 17.3 Å². The summed E-state index contributed by atoms with van der Waals surface area (Å²) in [4.78, 5) is -0.212. The highest BCUT2D eigenvalue weighted by atomic mass is 32.2. The summed E-state index contributed by atoms with van der Waals surface area (Å²) in [5.41, 5.74) is 5.91. The Hall–Kier alpha value is -1.18. The lowest BCUT2D eigenvalue weighted by molar-refractivity contribution is 0.101. The van der Waals surface area contributed by atoms with Crippen molar-refractivity contribution in [2.75, 3.05) is 5.73 Å². The minimum atomic E-state index is -3.88. The van der Waals surface area contributed by atoms with Crippen LogP contribution in [0.2, 0.25) is 0 Å². The van der Waals surface area contributed by atoms with E-state index in [2.05, 4.69) is 4.72 Å². The first kappa shape index (κ1) is 15.2. The van der Waals surface area contributed by atoms with Crippen molar-refractivity contribution in [2.45, 2.75) is 49.6 Å². The van der Waals surface area contributed by atoms with Crippen LogP contribution in [-0.2, 0) is 10.0 Å². The average molecular weight is 302 g/mol. The molecule has 20 heavy (non-hydrogen) atoms. The maximum Gasteiger partial charge on any atom is 0.241 e. The number of rotatable bonds is 3. The molecule has 0 aromatic heterocycles. The van der Waals surface area contributed by atoms with Crippen molar-refractivity contribution < 1.29 is 17.9 Å². The summed E-state index contributed by atoms with van der Waals surface area (Å²) < 4.78 is 40.5. The van der Waals surface area contributed by atoms with Crippen molar-refractivity contribution in [3.05, 3.63) is 23.5 Å². The number of hydrogen-bond acceptors (Lipinski definition) is 4. The molecule has 1 aromatic carbocycles. The molecule has 1 fully saturated rings. The Bertz CT molecular complexity index is 581. The molecule has 1 aliphatic rings. The normalized spacial score (nSPS) is 23.8. The van der Waals surface area contributed by atoms with Gasteiger partial charge in [-0.3, -0.25) is 0 Å². The van der Waals surface area contributed by atoms with E-state index in [0.29, 0.717) is 12.8 Å². The van der Waals surface area contributed by atoms with Crippen molar-refractivity contribution in [2.24, 2.45) is 0 Å². The van der Waals surface area contributed by atoms with Crippen LogP contribution in [0, 0.1) is 12.7 Å². The van der Waals surface area contributed by atoms with E-state index in [4.69, 9.17) is 5.73 Å². The summed E-state index contributed by atoms with van der Waals surface area (Å²) in [7, 11) is -3.88. The number of aliphatic hydroxyl groups excluding tert-OH is 1. The lowest BCUT2D eigenvalue weighted by Crippen LogP contribution is -2.44. The number of hydrogen-bond donors (Lipinski definition) is 3. The van der Waals surface area contributed by atoms with Gasteiger partial charge >= 0.3 is 0 Å². The van der Waals surface area contributed by atoms with Gasteiger partial charge in [-0.15, -0.1) is 0 Å². The minimum absolute atomic E-state index is 0.0922. The maximum absolute atomic E-state index is 13.6. The molecule has 0 unspecified atom stereocenters. The molecule has 2 rings (SSSR count). The van der Waals surface area contributed by atoms with Crippen molar-refractivity contribution >= 4 is 15.7 Å². The van der Waals surface area contributed by atoms with Crippen LogP contribution in [0.15, 0.2) is 17.0 Å². The number of aliphatic hydroxyl groups is 1. The molecule has 0 radical (unpaired) electrons. The zero-order chi connectivity index (χ0) is 14.9. The van der Waals surface area contributed by atoms with Gasteiger partial charge in [0.2, 0.25) is 10.0 Å². The van der Waals surface area contributed by atoms with Crippen molar-refractivity contribution in [3.63, 3.8) is 0 Å². The van der Waals surface area contributed by atoms with E-state index >= 15 is 0 Å². The number of nitrogen functional groups attached to an aromatic ring is 1. The molecule has 7 heteroatoms. The van der Waals surface area contributed by atoms with Gasteiger partial charge in [-0.05, 0) is 31.9 Å². The van der Waals surface area contributed by atoms with Gasteiger partial charge in [-0.2, -0.15) is 0 Å². The molecule has 0 heterocycles. The molecular formula is C13H19FN2O3S. The molecule has 0 amide bonds. The highest BCUT2D eigenvalue weighted by Gasteiger charge is 2.28. The van der Waals surface area contributed by atoms with E-state index in [1.165, 1.54) is 13.0 Å². The molecule has 0 saturated heterocycles. The Balaban J connectivity index is 2.26. The average Bonchev–Trinajstić information content (AvgIpc) is 2.38. The molecule has 1 aromatic rings. The summed E-state index contributed by atoms with van der Waals surface area (Å²) in [5.74, 6) is -0.658. The second-order valence-corrected chi connectivity index (χ2v) is 6.91. The fourth-order valence-electron chi connectivity index (χ4n) is 2.35. The van der Waals surface area contributed by atoms with Gasteiger partial charge in [0.25, 0.3) is 0 Å². The number of benzene rings is 1. The number of nitrogens with one attached hydrogen (secondary N) is 1. The number of nitrogens with two attached hydrogens (primary N) is 1. The summed E-state index contributed by atoms with van der Waals surface area (Å²) in [6, 6.07) is 1.65. The van der Waals surface area contributed by atoms with E-state index in [1.54, 1.807) is 0 Å². The summed E-state index contributed by atoms with van der Waals surface area (Å²) >= 11 is 0. The third-order valence-corrected chi connectivity index (χ3v) is 5.17. The van der Waals surface area contributed by atoms with Gasteiger partial charge in [0.1, 0.15) is 5.82 Å². The molecule has 112 valence electrons. The predicted octanol–water partition coefficient (Wildman–Crippen LogP) is 1.30. The van der Waals surface area contributed by atoms with E-state index < -0.39 is 28.0 Å². The molecule has 0 bridgehead atoms. The van der Waals surface area contributed by atoms with Crippen LogP contribution in [0.5, 0.6) is 0 Å². The lowest BCUT2D eigenvalue weighted by Gasteiger charge is -2.28. The third kappa shape index (κ3) is 3.11. The summed E-state index contributed by atoms with van der Waals surface area (Å²) in [6.07, 6.45) is 2.17. The Kier molecular flexibility index (Phi) is 4.31. The first-order valence-corrected chi connectivity index (χ1v) is 8.05. The van der Waals surface area contributed by atoms with E-state index in [1.807, 2.05) is 0 Å². The fraction of sp³-hybridized carbons (Fsp3) is 0.538. The second kappa shape index (κ2) is 5.67. The van der Waals surface area contributed by atoms with Crippen LogP contribution in [0.1, 0.15) is 31.2 Å². The molecule has 2 atom stereocenters. The monoisotopic (exact) mass is 302 g/mol. The van der Waals surface area contributed by atoms with Gasteiger partial charge in [0.05, 0.1) is 11.0 Å². The van der Waals surface area contributed by atoms with E-state index in [9.17, 15) is 17.9 Å². The summed E-state index contributed by atoms with van der Waals surface area (Å²) in [5, 5.41) is 9.81. The number of halogens is 1. The second-order valence-electron chi connectivity index (χ2n) is 5.20. The first-order chi connectivity index (χ1) is 9.31. The molecular weight excluding hydrogens is 283 g/mol. The molecule has 1 aliphatic carbocycles. The number of anilines is 1. The summed E-state index contributed by atoms with van der Waals surface area (Å²) in [6.45, 7) is 1.49. The highest BCUT2D eigenvalue weighted by molar-refractivity contribution is 7.89. The zero-order valence-corrected chi connectivity index (χ0v) is 12.1. The molecule has 0 aliphatic heterocycles. The smallest absolute Gasteiger partial charge is 0.241 e. The van der Waals surface area contributed by atoms with Gasteiger partial charge < -0.3 is 10.8 Å². The van der Waals surface area contributed by atoms with Crippen molar-refractivity contribution in [1.29, 1.82) is 0 Å². The maximum atomic E-state index is 13.6. The van der Waals surface area contributed by atoms with Crippen LogP contribution in [0.25, 0.3) is 0 Å². The number of sulfonamides is 1. The van der Waals surface area contributed by atoms with Gasteiger partial charge in [-0.1, -0.05) is 12.8 Å². The Labute approximate surface area is 118 Å². The Morgan fingerprint density at radius 2 is 2.00 bits per heavy atom. The first-order valence-electron chi connectivity index (χ1n) is 6.57. The largest absolute Gasteiger partial charge is 0.398 e. The zero-order valence-electron chi connectivity index (χ0n) is 11.3. The Morgan fingerprint density at radius 3 is 2.60 bits per heavy atom. The quantitative estimate of drug-likeness (QED) is 0.734. The lowest BCUT2D eigenvalue weighted by atomic mass is 9.93. The topological polar surface area (TPSA) is 92.4 Å². The Morgan fingerprint density at radius 1 is 1.35 bits per heavy atom. The standard InChI is InChI=1S/C13H19FN2O3S/c1-8-10(14)6-9(7-11(8)15)20(18,19)16-12-4-2-3-5-13(12)17/h6-7,12-13,16-17H,2-5,15H2,1H3/t12-,13-/m0/s1. The van der Waals surface area contributed by atoms with E-state index in [-0.39, 0.29) is 16.1 Å². The van der Waals surface area contributed by atoms with Crippen LogP contribution in [-0.4, -0.2) is 25.7 Å². The van der Waals surface area contributed by atoms with E-state index in [0.717, 1.165) is 18.9 Å². The molecule has 0 spiro atoms. The van der Waals surface area contributed by atoms with Gasteiger partial charge in [0.15, 0.2) is 0 Å². The minimum Gasteiger partial charge on any atom is -0.398 e. The third-order valence-electron chi connectivity index (χ3n) is 3.70. The van der Waals surface area contributed by atoms with Gasteiger partial charge in [-0.25, -0.2) is 17.5 Å². The van der Waals surface area contributed by atoms with Crippen LogP contribution < -0.4 is 10.5 Å². The molecule has 5 nitrogen and oxygen atoms in total. The predicted molar refractivity (Wildman–Crippen MR) is 74.1 cm³/mol. The molecule has 1 saturated carbocycles. The SMILES string of the molecule is Cc1c(N)cc(S(=O)(=O)N[C@H]2CCCC[C@@H]2O)cc1F. The van der Waals surface area contributed by atoms with Crippen LogP contribution in [0.4, 0.5) is 10.1 Å². The van der Waals surface area contributed by atoms with Crippen molar-refractivity contribution in [1.82, 2.24) is 4.72 Å². The highest BCUT2D eigenvalue weighted by Crippen LogP contribution is 2.23. The molecule has 4 N–H and O–H groups in total. The fourth-order valence-corrected chi connectivity index (χ4v) is 3.70.